The molecular formula is C23H33NO8. The molecule has 0 unspecified atom stereocenters. The molecule has 2 N–H and O–H groups in total. The number of hydrogen-bond donors (Lipinski definition) is 2. The van der Waals surface area contributed by atoms with E-state index in [-0.39, 0.29) is 35.6 Å². The van der Waals surface area contributed by atoms with Gasteiger partial charge in [-0.15, -0.1) is 0 Å². The highest BCUT2D eigenvalue weighted by Gasteiger charge is 2.62. The van der Waals surface area contributed by atoms with Crippen LogP contribution in [0, 0.1) is 11.8 Å². The third-order valence-electron chi connectivity index (χ3n) is 6.67. The van der Waals surface area contributed by atoms with Crippen LogP contribution >= 0.6 is 0 Å². The molecule has 3 saturated heterocycles. The maximum absolute atomic E-state index is 12.6. The highest BCUT2D eigenvalue weighted by molar-refractivity contribution is 5.89. The summed E-state index contributed by atoms with van der Waals surface area (Å²) in [6.07, 6.45) is 7.65. The Bertz CT molecular complexity index is 756. The number of allylic oxidation sites excluding steroid dienone is 2. The molecule has 0 amide bonds. The standard InChI is InChI=1S/C19H29NO4.C4H4O4/c1-13-4-3-7-19(2)17(24-19)16-14(6-5-13)15(18(21)23-16)12-20-8-10-22-11-9-20;5-3(6)1-2-4(7)8/h4,14-17H,3,5-12H2,1-2H3;1-2H,(H,5,6)(H,7,8)/b13-4+;2-1+/t14-,15-,16-,17-,19+;/m0./s1. The highest BCUT2D eigenvalue weighted by atomic mass is 16.6. The van der Waals surface area contributed by atoms with Crippen LogP contribution < -0.4 is 0 Å². The van der Waals surface area contributed by atoms with Crippen molar-refractivity contribution in [1.29, 1.82) is 0 Å². The zero-order chi connectivity index (χ0) is 23.3. The predicted molar refractivity (Wildman–Crippen MR) is 114 cm³/mol. The number of fused-ring (bicyclic) bond motifs is 3. The normalized spacial score (nSPS) is 36.6. The van der Waals surface area contributed by atoms with Gasteiger partial charge in [0.1, 0.15) is 12.2 Å². The minimum Gasteiger partial charge on any atom is -0.478 e. The van der Waals surface area contributed by atoms with Gasteiger partial charge >= 0.3 is 17.9 Å². The molecule has 0 spiro atoms. The number of carbonyl (C=O) groups is 3. The van der Waals surface area contributed by atoms with Crippen LogP contribution in [0.25, 0.3) is 0 Å². The average Bonchev–Trinajstić information content (AvgIpc) is 3.32. The van der Waals surface area contributed by atoms with E-state index in [1.165, 1.54) is 5.57 Å². The lowest BCUT2D eigenvalue weighted by atomic mass is 9.80. The van der Waals surface area contributed by atoms with Gasteiger partial charge in [-0.3, -0.25) is 9.69 Å². The van der Waals surface area contributed by atoms with E-state index in [4.69, 9.17) is 24.4 Å². The fourth-order valence-electron chi connectivity index (χ4n) is 4.75. The largest absolute Gasteiger partial charge is 0.478 e. The van der Waals surface area contributed by atoms with Crippen molar-refractivity contribution in [3.8, 4) is 0 Å². The molecule has 0 bridgehead atoms. The Balaban J connectivity index is 0.000000312. The number of morpholine rings is 1. The number of nitrogens with zero attached hydrogens (tertiary/aromatic N) is 1. The molecule has 32 heavy (non-hydrogen) atoms. The van der Waals surface area contributed by atoms with Crippen molar-refractivity contribution in [2.45, 2.75) is 57.3 Å². The third kappa shape index (κ3) is 6.40. The van der Waals surface area contributed by atoms with Crippen LogP contribution in [0.2, 0.25) is 0 Å². The first kappa shape index (κ1) is 24.4. The predicted octanol–water partition coefficient (Wildman–Crippen LogP) is 1.87. The molecule has 9 nitrogen and oxygen atoms in total. The van der Waals surface area contributed by atoms with E-state index in [0.717, 1.165) is 58.5 Å². The van der Waals surface area contributed by atoms with Gasteiger partial charge in [0.05, 0.1) is 24.7 Å². The Morgan fingerprint density at radius 2 is 1.88 bits per heavy atom. The lowest BCUT2D eigenvalue weighted by Crippen LogP contribution is -2.42. The summed E-state index contributed by atoms with van der Waals surface area (Å²) >= 11 is 0. The number of aliphatic carboxylic acids is 2. The number of rotatable bonds is 4. The molecule has 0 saturated carbocycles. The molecule has 4 rings (SSSR count). The number of carbonyl (C=O) groups excluding carboxylic acids is 1. The molecule has 0 aromatic rings. The van der Waals surface area contributed by atoms with Crippen molar-refractivity contribution < 1.29 is 38.8 Å². The number of epoxide rings is 1. The first-order valence-electron chi connectivity index (χ1n) is 11.2. The van der Waals surface area contributed by atoms with Gasteiger partial charge in [-0.25, -0.2) is 9.59 Å². The molecule has 3 aliphatic heterocycles. The lowest BCUT2D eigenvalue weighted by Gasteiger charge is -2.30. The molecule has 0 radical (unpaired) electrons. The quantitative estimate of drug-likeness (QED) is 0.285. The van der Waals surface area contributed by atoms with Gasteiger partial charge in [0.2, 0.25) is 0 Å². The number of hydrogen-bond acceptors (Lipinski definition) is 7. The topological polar surface area (TPSA) is 126 Å². The number of carboxylic acids is 2. The number of carboxylic acid groups (broad SMARTS) is 2. The summed E-state index contributed by atoms with van der Waals surface area (Å²) in [5.41, 5.74) is 1.33. The Kier molecular flexibility index (Phi) is 8.08. The minimum absolute atomic E-state index is 0.0183. The summed E-state index contributed by atoms with van der Waals surface area (Å²) in [7, 11) is 0. The van der Waals surface area contributed by atoms with Gasteiger partial charge in [0.25, 0.3) is 0 Å². The van der Waals surface area contributed by atoms with Gasteiger partial charge in [-0.1, -0.05) is 11.6 Å². The molecule has 9 heteroatoms. The van der Waals surface area contributed by atoms with Gasteiger partial charge in [0.15, 0.2) is 0 Å². The summed E-state index contributed by atoms with van der Waals surface area (Å²) in [5.74, 6) is -2.28. The molecule has 1 aliphatic carbocycles. The summed E-state index contributed by atoms with van der Waals surface area (Å²) in [6, 6.07) is 0. The Morgan fingerprint density at radius 1 is 1.22 bits per heavy atom. The second kappa shape index (κ2) is 10.6. The minimum atomic E-state index is -1.26. The van der Waals surface area contributed by atoms with Gasteiger partial charge in [0, 0.05) is 37.7 Å². The fraction of sp³-hybridized carbons (Fsp3) is 0.696. The molecule has 3 fully saturated rings. The molecule has 5 atom stereocenters. The van der Waals surface area contributed by atoms with Crippen LogP contribution in [0.1, 0.15) is 39.5 Å². The smallest absolute Gasteiger partial charge is 0.328 e. The summed E-state index contributed by atoms with van der Waals surface area (Å²) in [5, 5.41) is 15.6. The van der Waals surface area contributed by atoms with E-state index < -0.39 is 11.9 Å². The van der Waals surface area contributed by atoms with Gasteiger partial charge < -0.3 is 24.4 Å². The van der Waals surface area contributed by atoms with Crippen LogP contribution in [0.5, 0.6) is 0 Å². The SMILES string of the molecule is C/C1=C\CC[C@@]2(C)O[C@H]2[C@H]2OC(=O)[C@@H](CN3CCOCC3)[C@@H]2CC1.O=C(O)/C=C/C(=O)O. The molecule has 178 valence electrons. The summed E-state index contributed by atoms with van der Waals surface area (Å²) in [6.45, 7) is 8.54. The van der Waals surface area contributed by atoms with E-state index >= 15 is 0 Å². The van der Waals surface area contributed by atoms with Crippen LogP contribution in [-0.2, 0) is 28.6 Å². The molecule has 0 aromatic carbocycles. The van der Waals surface area contributed by atoms with E-state index in [0.29, 0.717) is 12.2 Å². The third-order valence-corrected chi connectivity index (χ3v) is 6.67. The van der Waals surface area contributed by atoms with Crippen molar-refractivity contribution in [3.63, 3.8) is 0 Å². The molecule has 0 aromatic heterocycles. The molecular weight excluding hydrogens is 418 g/mol. The van der Waals surface area contributed by atoms with Gasteiger partial charge in [-0.2, -0.15) is 0 Å². The van der Waals surface area contributed by atoms with Crippen LogP contribution in [0.15, 0.2) is 23.8 Å². The van der Waals surface area contributed by atoms with E-state index in [9.17, 15) is 14.4 Å². The van der Waals surface area contributed by atoms with Crippen molar-refractivity contribution in [1.82, 2.24) is 4.90 Å². The molecule has 4 aliphatic rings. The highest BCUT2D eigenvalue weighted by Crippen LogP contribution is 2.50. The monoisotopic (exact) mass is 451 g/mol. The Morgan fingerprint density at radius 3 is 2.50 bits per heavy atom. The van der Waals surface area contributed by atoms with Crippen LogP contribution in [0.4, 0.5) is 0 Å². The number of esters is 1. The second-order valence-corrected chi connectivity index (χ2v) is 9.07. The van der Waals surface area contributed by atoms with Crippen molar-refractivity contribution in [3.05, 3.63) is 23.8 Å². The number of ether oxygens (including phenoxy) is 3. The first-order valence-corrected chi connectivity index (χ1v) is 11.2. The molecule has 3 heterocycles. The zero-order valence-electron chi connectivity index (χ0n) is 18.7. The maximum Gasteiger partial charge on any atom is 0.328 e. The average molecular weight is 452 g/mol. The van der Waals surface area contributed by atoms with Crippen LogP contribution in [-0.4, -0.2) is 83.7 Å². The maximum atomic E-state index is 12.6. The van der Waals surface area contributed by atoms with Crippen molar-refractivity contribution in [2.24, 2.45) is 11.8 Å². The first-order chi connectivity index (χ1) is 15.2. The fourth-order valence-corrected chi connectivity index (χ4v) is 4.75. The van der Waals surface area contributed by atoms with Gasteiger partial charge in [-0.05, 0) is 39.5 Å². The van der Waals surface area contributed by atoms with E-state index in [1.807, 2.05) is 0 Å². The Labute approximate surface area is 188 Å². The zero-order valence-corrected chi connectivity index (χ0v) is 18.7. The summed E-state index contributed by atoms with van der Waals surface area (Å²) < 4.78 is 17.3. The lowest BCUT2D eigenvalue weighted by molar-refractivity contribution is -0.145. The van der Waals surface area contributed by atoms with E-state index in [2.05, 4.69) is 24.8 Å². The van der Waals surface area contributed by atoms with Crippen LogP contribution in [0.3, 0.4) is 0 Å². The van der Waals surface area contributed by atoms with Crippen molar-refractivity contribution >= 4 is 17.9 Å². The Hall–Kier alpha value is -2.23. The van der Waals surface area contributed by atoms with Crippen molar-refractivity contribution in [2.75, 3.05) is 32.8 Å². The second-order valence-electron chi connectivity index (χ2n) is 9.07. The summed E-state index contributed by atoms with van der Waals surface area (Å²) in [4.78, 5) is 34.1. The van der Waals surface area contributed by atoms with E-state index in [1.54, 1.807) is 0 Å².